The average Bonchev–Trinajstić information content (AvgIpc) is 2.53. The summed E-state index contributed by atoms with van der Waals surface area (Å²) in [6, 6.07) is 0. The number of aromatic nitrogens is 1. The summed E-state index contributed by atoms with van der Waals surface area (Å²) in [6.45, 7) is 10.2. The molecule has 0 N–H and O–H groups in total. The molecule has 0 saturated heterocycles. The Hall–Kier alpha value is -1.50. The summed E-state index contributed by atoms with van der Waals surface area (Å²) in [5.74, 6) is 0. The Labute approximate surface area is 98.1 Å². The van der Waals surface area contributed by atoms with Crippen LogP contribution in [0, 0.1) is 0 Å². The Bertz CT molecular complexity index is 513. The molecule has 0 fully saturated rings. The molecule has 0 bridgehead atoms. The number of allylic oxidation sites excluding steroid dienone is 1. The molecule has 1 nitrogen and oxygen atoms in total. The third-order valence-electron chi connectivity index (χ3n) is 2.78. The van der Waals surface area contributed by atoms with Crippen molar-refractivity contribution in [1.82, 2.24) is 4.57 Å². The second kappa shape index (κ2) is 5.55. The molecule has 86 valence electrons. The summed E-state index contributed by atoms with van der Waals surface area (Å²) in [6.07, 6.45) is 11.6. The highest BCUT2D eigenvalue weighted by Gasteiger charge is 2.06. The van der Waals surface area contributed by atoms with Crippen molar-refractivity contribution in [3.63, 3.8) is 0 Å². The van der Waals surface area contributed by atoms with Crippen molar-refractivity contribution in [2.75, 3.05) is 0 Å². The minimum atomic E-state index is 1.04. The van der Waals surface area contributed by atoms with Gasteiger partial charge in [-0.25, -0.2) is 0 Å². The van der Waals surface area contributed by atoms with Crippen molar-refractivity contribution in [1.29, 1.82) is 0 Å². The molecular weight excluding hydrogens is 194 g/mol. The molecule has 1 rings (SSSR count). The zero-order valence-corrected chi connectivity index (χ0v) is 10.7. The van der Waals surface area contributed by atoms with Crippen LogP contribution in [-0.4, -0.2) is 4.57 Å². The highest BCUT2D eigenvalue weighted by Crippen LogP contribution is 2.06. The summed E-state index contributed by atoms with van der Waals surface area (Å²) >= 11 is 0. The van der Waals surface area contributed by atoms with E-state index in [1.807, 2.05) is 13.0 Å². The van der Waals surface area contributed by atoms with E-state index in [0.29, 0.717) is 0 Å². The molecule has 0 spiro atoms. The van der Waals surface area contributed by atoms with Gasteiger partial charge in [0.1, 0.15) is 0 Å². The Morgan fingerprint density at radius 1 is 1.31 bits per heavy atom. The first-order valence-electron chi connectivity index (χ1n) is 5.81. The second-order valence-electron chi connectivity index (χ2n) is 3.76. The van der Waals surface area contributed by atoms with Crippen LogP contribution in [0.1, 0.15) is 38.4 Å². The van der Waals surface area contributed by atoms with E-state index >= 15 is 0 Å². The lowest BCUT2D eigenvalue weighted by Gasteiger charge is -1.98. The van der Waals surface area contributed by atoms with Gasteiger partial charge < -0.3 is 4.57 Å². The molecule has 1 heteroatoms. The fourth-order valence-electron chi connectivity index (χ4n) is 2.11. The highest BCUT2D eigenvalue weighted by molar-refractivity contribution is 5.64. The number of rotatable bonds is 3. The summed E-state index contributed by atoms with van der Waals surface area (Å²) in [4.78, 5) is 0. The Morgan fingerprint density at radius 3 is 2.44 bits per heavy atom. The van der Waals surface area contributed by atoms with E-state index < -0.39 is 0 Å². The van der Waals surface area contributed by atoms with E-state index in [1.165, 1.54) is 21.8 Å². The van der Waals surface area contributed by atoms with Crippen LogP contribution in [0.2, 0.25) is 0 Å². The normalized spacial score (nSPS) is 14.0. The topological polar surface area (TPSA) is 4.93 Å². The van der Waals surface area contributed by atoms with E-state index in [-0.39, 0.29) is 0 Å². The third kappa shape index (κ3) is 2.04. The largest absolute Gasteiger partial charge is 0.344 e. The molecule has 0 aromatic carbocycles. The van der Waals surface area contributed by atoms with Gasteiger partial charge in [-0.15, -0.1) is 0 Å². The smallest absolute Gasteiger partial charge is 0.0484 e. The second-order valence-corrected chi connectivity index (χ2v) is 3.76. The lowest BCUT2D eigenvalue weighted by molar-refractivity contribution is 0.875. The van der Waals surface area contributed by atoms with Crippen molar-refractivity contribution in [2.45, 2.75) is 27.2 Å². The summed E-state index contributed by atoms with van der Waals surface area (Å²) in [5, 5.41) is 2.57. The van der Waals surface area contributed by atoms with Gasteiger partial charge in [0.25, 0.3) is 0 Å². The van der Waals surface area contributed by atoms with E-state index in [1.54, 1.807) is 0 Å². The maximum Gasteiger partial charge on any atom is 0.0484 e. The van der Waals surface area contributed by atoms with Crippen molar-refractivity contribution in [3.8, 4) is 0 Å². The molecule has 0 aliphatic heterocycles. The maximum absolute atomic E-state index is 3.92. The molecule has 16 heavy (non-hydrogen) atoms. The minimum Gasteiger partial charge on any atom is -0.344 e. The molecule has 1 aromatic rings. The van der Waals surface area contributed by atoms with Crippen molar-refractivity contribution < 1.29 is 0 Å². The fraction of sp³-hybridized carbons (Fsp3) is 0.333. The Kier molecular flexibility index (Phi) is 4.36. The first kappa shape index (κ1) is 12.6. The molecule has 1 heterocycles. The van der Waals surface area contributed by atoms with Gasteiger partial charge in [-0.3, -0.25) is 0 Å². The van der Waals surface area contributed by atoms with E-state index in [2.05, 4.69) is 56.3 Å². The van der Waals surface area contributed by atoms with Gasteiger partial charge in [0.2, 0.25) is 0 Å². The van der Waals surface area contributed by atoms with Crippen LogP contribution >= 0.6 is 0 Å². The zero-order chi connectivity index (χ0) is 12.1. The van der Waals surface area contributed by atoms with E-state index in [0.717, 1.165) is 6.42 Å². The summed E-state index contributed by atoms with van der Waals surface area (Å²) < 4.78 is 2.22. The molecule has 0 aliphatic rings. The summed E-state index contributed by atoms with van der Waals surface area (Å²) in [7, 11) is 2.10. The molecular formula is C15H21N. The molecule has 0 atom stereocenters. The molecule has 0 amide bonds. The lowest BCUT2D eigenvalue weighted by Crippen LogP contribution is -2.28. The molecule has 1 aromatic heterocycles. The standard InChI is InChI=1S/C15H21N/c1-6-10-13-12(8-3)15(11-7-2)16(5)14(13)9-4/h7-11H,3,6H2,1-2,4-5H3/b11-7-,13-10-,14-9+. The van der Waals surface area contributed by atoms with Crippen LogP contribution in [-0.2, 0) is 7.05 Å². The van der Waals surface area contributed by atoms with Crippen molar-refractivity contribution in [3.05, 3.63) is 34.5 Å². The molecule has 0 radical (unpaired) electrons. The highest BCUT2D eigenvalue weighted by atomic mass is 14.9. The lowest BCUT2D eigenvalue weighted by atomic mass is 10.1. The van der Waals surface area contributed by atoms with Gasteiger partial charge in [-0.1, -0.05) is 37.8 Å². The van der Waals surface area contributed by atoms with E-state index in [4.69, 9.17) is 0 Å². The van der Waals surface area contributed by atoms with Crippen LogP contribution in [0.4, 0.5) is 0 Å². The number of hydrogen-bond donors (Lipinski definition) is 0. The van der Waals surface area contributed by atoms with Crippen LogP contribution < -0.4 is 10.6 Å². The van der Waals surface area contributed by atoms with Crippen LogP contribution in [0.3, 0.4) is 0 Å². The predicted molar refractivity (Wildman–Crippen MR) is 74.4 cm³/mol. The van der Waals surface area contributed by atoms with Gasteiger partial charge in [-0.05, 0) is 26.3 Å². The van der Waals surface area contributed by atoms with Gasteiger partial charge in [0.05, 0.1) is 0 Å². The Morgan fingerprint density at radius 2 is 2.00 bits per heavy atom. The number of hydrogen-bond acceptors (Lipinski definition) is 0. The maximum atomic E-state index is 3.92. The van der Waals surface area contributed by atoms with Crippen LogP contribution in [0.25, 0.3) is 24.3 Å². The van der Waals surface area contributed by atoms with E-state index in [9.17, 15) is 0 Å². The monoisotopic (exact) mass is 215 g/mol. The minimum absolute atomic E-state index is 1.04. The average molecular weight is 215 g/mol. The SMILES string of the molecule is C=Cc1c(/C=C\C)n(C)c(=C/C)/c1=C\CC. The van der Waals surface area contributed by atoms with Crippen LogP contribution in [0.15, 0.2) is 12.7 Å². The van der Waals surface area contributed by atoms with Gasteiger partial charge in [0.15, 0.2) is 0 Å². The molecule has 0 saturated carbocycles. The van der Waals surface area contributed by atoms with Gasteiger partial charge in [-0.2, -0.15) is 0 Å². The predicted octanol–water partition coefficient (Wildman–Crippen LogP) is 2.69. The number of nitrogens with zero attached hydrogens (tertiary/aromatic N) is 1. The van der Waals surface area contributed by atoms with Gasteiger partial charge in [0, 0.05) is 28.9 Å². The third-order valence-corrected chi connectivity index (χ3v) is 2.78. The first-order chi connectivity index (χ1) is 7.71. The molecule has 0 unspecified atom stereocenters. The summed E-state index contributed by atoms with van der Waals surface area (Å²) in [5.41, 5.74) is 2.46. The fourth-order valence-corrected chi connectivity index (χ4v) is 2.11. The van der Waals surface area contributed by atoms with Gasteiger partial charge >= 0.3 is 0 Å². The first-order valence-corrected chi connectivity index (χ1v) is 5.81. The molecule has 0 aliphatic carbocycles. The van der Waals surface area contributed by atoms with Crippen LogP contribution in [0.5, 0.6) is 0 Å². The van der Waals surface area contributed by atoms with Crippen molar-refractivity contribution in [2.24, 2.45) is 7.05 Å². The Balaban J connectivity index is 3.80. The van der Waals surface area contributed by atoms with Crippen molar-refractivity contribution >= 4 is 24.3 Å². The zero-order valence-electron chi connectivity index (χ0n) is 10.7. The quantitative estimate of drug-likeness (QED) is 0.730.